The maximum atomic E-state index is 12.3. The van der Waals surface area contributed by atoms with Gasteiger partial charge in [-0.05, 0) is 174 Å². The summed E-state index contributed by atoms with van der Waals surface area (Å²) in [7, 11) is 0. The van der Waals surface area contributed by atoms with E-state index < -0.39 is 0 Å². The normalized spacial score (nSPS) is 48.6. The molecule has 0 bridgehead atoms. The molecule has 0 aromatic carbocycles. The molecule has 12 unspecified atom stereocenters. The number of aliphatic hydroxyl groups is 2. The topological polar surface area (TPSA) is 43.7 Å². The van der Waals surface area contributed by atoms with E-state index in [1.54, 1.807) is 0 Å². The second kappa shape index (κ2) is 14.1. The fourth-order valence-electron chi connectivity index (χ4n) is 13.9. The van der Waals surface area contributed by atoms with E-state index in [4.69, 9.17) is 0 Å². The average Bonchev–Trinajstić information content (AvgIpc) is 3.64. The Bertz CT molecular complexity index is 1090. The van der Waals surface area contributed by atoms with Gasteiger partial charge in [-0.25, -0.2) is 0 Å². The van der Waals surface area contributed by atoms with Gasteiger partial charge in [0.15, 0.2) is 0 Å². The van der Waals surface area contributed by atoms with Crippen LogP contribution in [0.4, 0.5) is 0 Å². The van der Waals surface area contributed by atoms with Crippen LogP contribution in [-0.2, 0) is 0 Å². The third-order valence-electron chi connectivity index (χ3n) is 15.7. The van der Waals surface area contributed by atoms with Gasteiger partial charge in [0.05, 0.1) is 12.2 Å². The molecule has 0 aromatic heterocycles. The summed E-state index contributed by atoms with van der Waals surface area (Å²) in [4.78, 5) is 3.16. The van der Waals surface area contributed by atoms with Crippen molar-refractivity contribution < 1.29 is 10.2 Å². The predicted octanol–water partition coefficient (Wildman–Crippen LogP) is 9.74. The highest BCUT2D eigenvalue weighted by atomic mass is 16.3. The lowest BCUT2D eigenvalue weighted by atomic mass is 9.57. The maximum absolute atomic E-state index is 12.3. The molecule has 0 saturated heterocycles. The Labute approximate surface area is 282 Å². The Balaban J connectivity index is 1.10. The first-order valence-electron chi connectivity index (χ1n) is 20.4. The molecule has 7 rings (SSSR count). The van der Waals surface area contributed by atoms with Gasteiger partial charge in [-0.3, -0.25) is 4.90 Å². The smallest absolute Gasteiger partial charge is 0.0639 e. The SMILES string of the molecule is C=C(C)/C(=C/CCCC1C=CC2C(O)C3C4CCC(N(C5CCC(C)CC5)C5CCC(O)CC5)C5CCCC(C45)C3C(C)C12)CC. The zero-order chi connectivity index (χ0) is 32.1. The van der Waals surface area contributed by atoms with Crippen LogP contribution in [0.25, 0.3) is 0 Å². The van der Waals surface area contributed by atoms with E-state index in [1.165, 1.54) is 94.6 Å². The maximum Gasteiger partial charge on any atom is 0.0639 e. The summed E-state index contributed by atoms with van der Waals surface area (Å²) >= 11 is 0. The highest BCUT2D eigenvalue weighted by Gasteiger charge is 2.65. The number of nitrogens with zero attached hydrogens (tertiary/aromatic N) is 1. The van der Waals surface area contributed by atoms with Gasteiger partial charge < -0.3 is 10.2 Å². The van der Waals surface area contributed by atoms with Crippen LogP contribution in [0.15, 0.2) is 36.0 Å². The summed E-state index contributed by atoms with van der Waals surface area (Å²) < 4.78 is 0. The van der Waals surface area contributed by atoms with Gasteiger partial charge >= 0.3 is 0 Å². The Morgan fingerprint density at radius 1 is 0.783 bits per heavy atom. The lowest BCUT2D eigenvalue weighted by molar-refractivity contribution is -0.0819. The molecule has 3 nitrogen and oxygen atoms in total. The molecular weight excluding hydrogens is 562 g/mol. The first-order chi connectivity index (χ1) is 22.3. The number of unbranched alkanes of at least 4 members (excludes halogenated alkanes) is 1. The molecule has 0 aromatic rings. The van der Waals surface area contributed by atoms with Crippen LogP contribution in [0.3, 0.4) is 0 Å². The zero-order valence-corrected chi connectivity index (χ0v) is 30.0. The number of aliphatic hydroxyl groups excluding tert-OH is 2. The molecule has 46 heavy (non-hydrogen) atoms. The second-order valence-electron chi connectivity index (χ2n) is 18.0. The molecular formula is C43H69NO2. The van der Waals surface area contributed by atoms with Crippen molar-refractivity contribution in [2.45, 2.75) is 167 Å². The van der Waals surface area contributed by atoms with Crippen molar-refractivity contribution >= 4 is 0 Å². The predicted molar refractivity (Wildman–Crippen MR) is 191 cm³/mol. The molecule has 7 aliphatic carbocycles. The van der Waals surface area contributed by atoms with Crippen molar-refractivity contribution in [2.75, 3.05) is 0 Å². The van der Waals surface area contributed by atoms with E-state index in [1.807, 2.05) is 0 Å². The van der Waals surface area contributed by atoms with Gasteiger partial charge in [-0.2, -0.15) is 0 Å². The standard InChI is InChI=1S/C43H69NO2/c1-6-29(26(2)3)10-7-8-11-30-16-23-37-39(30)28(5)40-35-13-9-12-34-38(25-24-36(41(34)35)42(40)43(37)46)44(31-17-14-27(4)15-18-31)32-19-21-33(45)22-20-32/h10,16,23,27-28,30-43,45-46H,2,6-9,11-15,17-22,24-25H2,1,3-5H3/b29-10+. The van der Waals surface area contributed by atoms with E-state index in [0.29, 0.717) is 29.7 Å². The average molecular weight is 632 g/mol. The molecule has 0 amide bonds. The van der Waals surface area contributed by atoms with Crippen LogP contribution in [0.1, 0.15) is 137 Å². The van der Waals surface area contributed by atoms with Crippen molar-refractivity contribution in [2.24, 2.45) is 65.1 Å². The van der Waals surface area contributed by atoms with Gasteiger partial charge in [0.25, 0.3) is 0 Å². The summed E-state index contributed by atoms with van der Waals surface area (Å²) in [5.74, 6) is 7.74. The molecule has 0 aliphatic heterocycles. The van der Waals surface area contributed by atoms with Gasteiger partial charge in [-0.15, -0.1) is 0 Å². The Morgan fingerprint density at radius 2 is 1.46 bits per heavy atom. The van der Waals surface area contributed by atoms with Crippen molar-refractivity contribution in [1.82, 2.24) is 4.90 Å². The molecule has 6 saturated carbocycles. The highest BCUT2D eigenvalue weighted by molar-refractivity contribution is 5.25. The number of allylic oxidation sites excluding steroid dienone is 4. The van der Waals surface area contributed by atoms with Crippen molar-refractivity contribution in [3.8, 4) is 0 Å². The minimum atomic E-state index is -0.133. The molecule has 7 aliphatic rings. The fraction of sp³-hybridized carbons (Fsp3) is 0.860. The van der Waals surface area contributed by atoms with E-state index in [9.17, 15) is 10.2 Å². The van der Waals surface area contributed by atoms with E-state index in [0.717, 1.165) is 79.2 Å². The van der Waals surface area contributed by atoms with E-state index in [2.05, 4.69) is 57.4 Å². The summed E-state index contributed by atoms with van der Waals surface area (Å²) in [5.41, 5.74) is 2.66. The lowest BCUT2D eigenvalue weighted by Gasteiger charge is -2.55. The monoisotopic (exact) mass is 632 g/mol. The highest BCUT2D eigenvalue weighted by Crippen LogP contribution is 2.67. The quantitative estimate of drug-likeness (QED) is 0.151. The largest absolute Gasteiger partial charge is 0.393 e. The minimum Gasteiger partial charge on any atom is -0.393 e. The molecule has 258 valence electrons. The van der Waals surface area contributed by atoms with Crippen LogP contribution in [0.5, 0.6) is 0 Å². The molecule has 6 fully saturated rings. The Hall–Kier alpha value is -0.900. The van der Waals surface area contributed by atoms with Gasteiger partial charge in [0, 0.05) is 24.0 Å². The van der Waals surface area contributed by atoms with Gasteiger partial charge in [0.1, 0.15) is 0 Å². The van der Waals surface area contributed by atoms with Crippen molar-refractivity contribution in [1.29, 1.82) is 0 Å². The third-order valence-corrected chi connectivity index (χ3v) is 15.7. The van der Waals surface area contributed by atoms with E-state index in [-0.39, 0.29) is 12.2 Å². The van der Waals surface area contributed by atoms with Gasteiger partial charge in [0.2, 0.25) is 0 Å². The van der Waals surface area contributed by atoms with Crippen LogP contribution in [-0.4, -0.2) is 45.4 Å². The third kappa shape index (κ3) is 6.08. The zero-order valence-electron chi connectivity index (χ0n) is 30.0. The fourth-order valence-corrected chi connectivity index (χ4v) is 13.9. The van der Waals surface area contributed by atoms with Gasteiger partial charge in [-0.1, -0.05) is 57.6 Å². The summed E-state index contributed by atoms with van der Waals surface area (Å²) in [6.07, 6.45) is 29.0. The summed E-state index contributed by atoms with van der Waals surface area (Å²) in [6, 6.07) is 2.18. The first kappa shape index (κ1) is 33.6. The van der Waals surface area contributed by atoms with Crippen LogP contribution in [0, 0.1) is 65.1 Å². The van der Waals surface area contributed by atoms with Crippen LogP contribution >= 0.6 is 0 Å². The van der Waals surface area contributed by atoms with Crippen LogP contribution < -0.4 is 0 Å². The number of rotatable bonds is 9. The lowest BCUT2D eigenvalue weighted by Crippen LogP contribution is -2.58. The first-order valence-corrected chi connectivity index (χ1v) is 20.4. The second-order valence-corrected chi connectivity index (χ2v) is 18.0. The molecule has 0 spiro atoms. The molecule has 3 heteroatoms. The molecule has 0 heterocycles. The Kier molecular flexibility index (Phi) is 10.3. The Morgan fingerprint density at radius 3 is 2.15 bits per heavy atom. The minimum absolute atomic E-state index is 0.0702. The van der Waals surface area contributed by atoms with E-state index >= 15 is 0 Å². The van der Waals surface area contributed by atoms with Crippen molar-refractivity contribution in [3.63, 3.8) is 0 Å². The number of hydrogen-bond donors (Lipinski definition) is 2. The summed E-state index contributed by atoms with van der Waals surface area (Å²) in [5, 5.41) is 22.8. The molecule has 0 radical (unpaired) electrons. The molecule has 2 N–H and O–H groups in total. The molecule has 12 atom stereocenters. The van der Waals surface area contributed by atoms with Crippen molar-refractivity contribution in [3.05, 3.63) is 36.0 Å². The summed E-state index contributed by atoms with van der Waals surface area (Å²) in [6.45, 7) is 13.7. The van der Waals surface area contributed by atoms with Crippen LogP contribution in [0.2, 0.25) is 0 Å². The number of hydrogen-bond acceptors (Lipinski definition) is 3. The number of fused-ring (bicyclic) bond motifs is 4.